The van der Waals surface area contributed by atoms with Crippen LogP contribution in [-0.4, -0.2) is 29.0 Å². The smallest absolute Gasteiger partial charge is 0.312 e. The topological polar surface area (TPSA) is 68.3 Å². The number of carbonyl (C=O) groups excluding carboxylic acids is 2. The molecule has 1 aromatic heterocycles. The van der Waals surface area contributed by atoms with Crippen molar-refractivity contribution in [3.05, 3.63) is 40.9 Å². The van der Waals surface area contributed by atoms with E-state index in [1.54, 1.807) is 0 Å². The number of ether oxygens (including phenoxy) is 1. The zero-order chi connectivity index (χ0) is 19.3. The molecule has 2 rings (SSSR count). The van der Waals surface area contributed by atoms with E-state index in [0.29, 0.717) is 11.6 Å². The molecule has 0 saturated heterocycles. The third kappa shape index (κ3) is 6.26. The third-order valence-corrected chi connectivity index (χ3v) is 4.52. The zero-order valence-corrected chi connectivity index (χ0v) is 16.8. The van der Waals surface area contributed by atoms with Crippen molar-refractivity contribution < 1.29 is 14.3 Å². The van der Waals surface area contributed by atoms with E-state index in [1.165, 1.54) is 16.9 Å². The van der Waals surface area contributed by atoms with Crippen LogP contribution in [0.2, 0.25) is 0 Å². The number of benzene rings is 1. The first-order valence-electron chi connectivity index (χ1n) is 8.65. The van der Waals surface area contributed by atoms with E-state index in [9.17, 15) is 9.59 Å². The Labute approximate surface area is 158 Å². The second kappa shape index (κ2) is 8.45. The Hall–Kier alpha value is -2.21. The maximum absolute atomic E-state index is 11.9. The van der Waals surface area contributed by atoms with Gasteiger partial charge in [-0.3, -0.25) is 9.59 Å². The summed E-state index contributed by atoms with van der Waals surface area (Å²) in [7, 11) is 0. The van der Waals surface area contributed by atoms with Crippen molar-refractivity contribution >= 4 is 23.2 Å². The van der Waals surface area contributed by atoms with Crippen molar-refractivity contribution in [2.24, 2.45) is 0 Å². The van der Waals surface area contributed by atoms with Crippen LogP contribution in [-0.2, 0) is 20.7 Å². The molecule has 0 aliphatic rings. The number of aromatic nitrogens is 1. The summed E-state index contributed by atoms with van der Waals surface area (Å²) in [5.74, 6) is -0.280. The second-order valence-electron chi connectivity index (χ2n) is 7.56. The Morgan fingerprint density at radius 2 is 1.85 bits per heavy atom. The molecule has 0 bridgehead atoms. The highest BCUT2D eigenvalue weighted by atomic mass is 32.1. The molecule has 140 valence electrons. The summed E-state index contributed by atoms with van der Waals surface area (Å²) in [6.45, 7) is 9.66. The van der Waals surface area contributed by atoms with Crippen LogP contribution < -0.4 is 5.32 Å². The molecule has 1 amide bonds. The van der Waals surface area contributed by atoms with Crippen molar-refractivity contribution in [1.82, 2.24) is 10.3 Å². The summed E-state index contributed by atoms with van der Waals surface area (Å²) >= 11 is 1.49. The lowest BCUT2D eigenvalue weighted by molar-refractivity contribution is -0.148. The van der Waals surface area contributed by atoms with Gasteiger partial charge in [-0.05, 0) is 32.3 Å². The molecule has 26 heavy (non-hydrogen) atoms. The van der Waals surface area contributed by atoms with E-state index in [2.05, 4.69) is 36.3 Å². The summed E-state index contributed by atoms with van der Waals surface area (Å²) in [5.41, 5.74) is 2.61. The van der Waals surface area contributed by atoms with Gasteiger partial charge in [0.15, 0.2) is 6.61 Å². The van der Waals surface area contributed by atoms with Crippen LogP contribution in [0.15, 0.2) is 29.6 Å². The van der Waals surface area contributed by atoms with Gasteiger partial charge in [-0.1, -0.05) is 38.1 Å². The number of nitrogens with zero attached hydrogens (tertiary/aromatic N) is 1. The first-order chi connectivity index (χ1) is 12.1. The fourth-order valence-corrected chi connectivity index (χ4v) is 3.16. The largest absolute Gasteiger partial charge is 0.455 e. The fraction of sp³-hybridized carbons (Fsp3) is 0.450. The minimum Gasteiger partial charge on any atom is -0.455 e. The molecule has 0 spiro atoms. The van der Waals surface area contributed by atoms with Crippen LogP contribution in [0.1, 0.15) is 51.8 Å². The van der Waals surface area contributed by atoms with Gasteiger partial charge in [0, 0.05) is 16.5 Å². The van der Waals surface area contributed by atoms with Crippen molar-refractivity contribution in [2.75, 3.05) is 6.61 Å². The number of hydrogen-bond donors (Lipinski definition) is 1. The molecule has 0 unspecified atom stereocenters. The molecule has 0 aliphatic carbocycles. The van der Waals surface area contributed by atoms with Crippen LogP contribution in [0, 0.1) is 0 Å². The number of thiazole rings is 1. The minimum atomic E-state index is -0.457. The molecule has 1 N–H and O–H groups in total. The predicted octanol–water partition coefficient (Wildman–Crippen LogP) is 3.93. The molecular formula is C20H26N2O3S. The number of amides is 1. The van der Waals surface area contributed by atoms with E-state index in [1.807, 2.05) is 38.3 Å². The van der Waals surface area contributed by atoms with Crippen LogP contribution in [0.4, 0.5) is 0 Å². The number of esters is 1. The lowest BCUT2D eigenvalue weighted by atomic mass is 10.0. The van der Waals surface area contributed by atoms with E-state index in [-0.39, 0.29) is 24.5 Å². The van der Waals surface area contributed by atoms with Gasteiger partial charge in [0.25, 0.3) is 5.91 Å². The Kier molecular flexibility index (Phi) is 6.53. The van der Waals surface area contributed by atoms with E-state index < -0.39 is 5.97 Å². The highest BCUT2D eigenvalue weighted by Crippen LogP contribution is 2.26. The SMILES string of the molecule is CC(C)c1ccc(-c2nc(CC(=O)OCC(=O)NC(C)(C)C)cs2)cc1. The lowest BCUT2D eigenvalue weighted by Crippen LogP contribution is -2.42. The fourth-order valence-electron chi connectivity index (χ4n) is 2.33. The molecule has 1 aromatic carbocycles. The number of hydrogen-bond acceptors (Lipinski definition) is 5. The van der Waals surface area contributed by atoms with Gasteiger partial charge in [-0.15, -0.1) is 11.3 Å². The molecule has 1 heterocycles. The lowest BCUT2D eigenvalue weighted by Gasteiger charge is -2.20. The molecule has 0 aliphatic heterocycles. The molecular weight excluding hydrogens is 348 g/mol. The highest BCUT2D eigenvalue weighted by Gasteiger charge is 2.16. The predicted molar refractivity (Wildman–Crippen MR) is 104 cm³/mol. The maximum atomic E-state index is 11.9. The zero-order valence-electron chi connectivity index (χ0n) is 16.0. The van der Waals surface area contributed by atoms with Gasteiger partial charge >= 0.3 is 5.97 Å². The number of nitrogens with one attached hydrogen (secondary N) is 1. The van der Waals surface area contributed by atoms with Crippen LogP contribution in [0.3, 0.4) is 0 Å². The molecule has 6 heteroatoms. The average molecular weight is 375 g/mol. The Morgan fingerprint density at radius 3 is 2.42 bits per heavy atom. The Balaban J connectivity index is 1.89. The van der Waals surface area contributed by atoms with Gasteiger partial charge < -0.3 is 10.1 Å². The van der Waals surface area contributed by atoms with Crippen LogP contribution >= 0.6 is 11.3 Å². The van der Waals surface area contributed by atoms with Crippen LogP contribution in [0.5, 0.6) is 0 Å². The molecule has 2 aromatic rings. The van der Waals surface area contributed by atoms with Crippen molar-refractivity contribution in [3.8, 4) is 10.6 Å². The van der Waals surface area contributed by atoms with E-state index >= 15 is 0 Å². The highest BCUT2D eigenvalue weighted by molar-refractivity contribution is 7.13. The first kappa shape index (κ1) is 20.1. The summed E-state index contributed by atoms with van der Waals surface area (Å²) in [4.78, 5) is 28.1. The van der Waals surface area contributed by atoms with Gasteiger partial charge in [-0.2, -0.15) is 0 Å². The summed E-state index contributed by atoms with van der Waals surface area (Å²) < 4.78 is 5.02. The summed E-state index contributed by atoms with van der Waals surface area (Å²) in [6.07, 6.45) is 0.0589. The van der Waals surface area contributed by atoms with Gasteiger partial charge in [0.05, 0.1) is 12.1 Å². The van der Waals surface area contributed by atoms with Crippen molar-refractivity contribution in [1.29, 1.82) is 0 Å². The van der Waals surface area contributed by atoms with Crippen molar-refractivity contribution in [3.63, 3.8) is 0 Å². The van der Waals surface area contributed by atoms with Crippen molar-refractivity contribution in [2.45, 2.75) is 52.5 Å². The average Bonchev–Trinajstić information content (AvgIpc) is 3.00. The summed E-state index contributed by atoms with van der Waals surface area (Å²) in [6, 6.07) is 8.30. The standard InChI is InChI=1S/C20H26N2O3S/c1-13(2)14-6-8-15(9-7-14)19-21-16(12-26-19)10-18(24)25-11-17(23)22-20(3,4)5/h6-9,12-13H,10-11H2,1-5H3,(H,22,23). The molecule has 5 nitrogen and oxygen atoms in total. The quantitative estimate of drug-likeness (QED) is 0.778. The Bertz CT molecular complexity index is 758. The Morgan fingerprint density at radius 1 is 1.19 bits per heavy atom. The van der Waals surface area contributed by atoms with E-state index in [4.69, 9.17) is 4.74 Å². The number of rotatable bonds is 6. The maximum Gasteiger partial charge on any atom is 0.312 e. The second-order valence-corrected chi connectivity index (χ2v) is 8.41. The minimum absolute atomic E-state index is 0.0589. The van der Waals surface area contributed by atoms with Gasteiger partial charge in [0.2, 0.25) is 0 Å². The summed E-state index contributed by atoms with van der Waals surface area (Å²) in [5, 5.41) is 5.47. The molecule has 0 radical (unpaired) electrons. The molecule has 0 saturated carbocycles. The van der Waals surface area contributed by atoms with Crippen LogP contribution in [0.25, 0.3) is 10.6 Å². The number of carbonyl (C=O) groups is 2. The first-order valence-corrected chi connectivity index (χ1v) is 9.53. The van der Waals surface area contributed by atoms with Gasteiger partial charge in [0.1, 0.15) is 5.01 Å². The van der Waals surface area contributed by atoms with E-state index in [0.717, 1.165) is 10.6 Å². The monoisotopic (exact) mass is 374 g/mol. The van der Waals surface area contributed by atoms with Gasteiger partial charge in [-0.25, -0.2) is 4.98 Å². The molecule has 0 fully saturated rings. The third-order valence-electron chi connectivity index (χ3n) is 3.58. The molecule has 0 atom stereocenters. The normalized spacial score (nSPS) is 11.5.